The fourth-order valence-electron chi connectivity index (χ4n) is 1.70. The predicted molar refractivity (Wildman–Crippen MR) is 67.3 cm³/mol. The molecule has 0 bridgehead atoms. The van der Waals surface area contributed by atoms with Gasteiger partial charge in [-0.15, -0.1) is 23.2 Å². The van der Waals surface area contributed by atoms with Crippen molar-refractivity contribution in [2.24, 2.45) is 5.41 Å². The molecule has 86 valence electrons. The normalized spacial score (nSPS) is 13.3. The SMILES string of the molecule is CCCCC(C)(CCCC)C(C)(Cl)Cl. The van der Waals surface area contributed by atoms with Gasteiger partial charge in [0.05, 0.1) is 0 Å². The van der Waals surface area contributed by atoms with Crippen LogP contribution in [0.15, 0.2) is 0 Å². The average molecular weight is 239 g/mol. The predicted octanol–water partition coefficient (Wildman–Crippen LogP) is 5.57. The Morgan fingerprint density at radius 1 is 0.857 bits per heavy atom. The molecule has 0 fully saturated rings. The van der Waals surface area contributed by atoms with Crippen molar-refractivity contribution in [2.75, 3.05) is 0 Å². The lowest BCUT2D eigenvalue weighted by Crippen LogP contribution is -2.34. The first-order chi connectivity index (χ1) is 6.37. The summed E-state index contributed by atoms with van der Waals surface area (Å²) in [5.74, 6) is 0. The van der Waals surface area contributed by atoms with E-state index in [1.807, 2.05) is 6.92 Å². The zero-order valence-corrected chi connectivity index (χ0v) is 11.5. The maximum atomic E-state index is 6.28. The zero-order valence-electron chi connectivity index (χ0n) is 10.00. The molecule has 0 saturated carbocycles. The molecule has 0 spiro atoms. The van der Waals surface area contributed by atoms with Gasteiger partial charge in [-0.25, -0.2) is 0 Å². The molecule has 0 radical (unpaired) electrons. The van der Waals surface area contributed by atoms with Gasteiger partial charge in [-0.3, -0.25) is 0 Å². The Labute approximate surface area is 99.4 Å². The van der Waals surface area contributed by atoms with Gasteiger partial charge < -0.3 is 0 Å². The van der Waals surface area contributed by atoms with Crippen LogP contribution in [0.4, 0.5) is 0 Å². The molecule has 14 heavy (non-hydrogen) atoms. The van der Waals surface area contributed by atoms with Gasteiger partial charge in [0.1, 0.15) is 4.33 Å². The van der Waals surface area contributed by atoms with Gasteiger partial charge >= 0.3 is 0 Å². The standard InChI is InChI=1S/C12H24Cl2/c1-5-7-9-11(3,10-8-6-2)12(4,13)14/h5-10H2,1-4H3. The highest BCUT2D eigenvalue weighted by atomic mass is 35.5. The number of hydrogen-bond acceptors (Lipinski definition) is 0. The molecule has 0 amide bonds. The highest BCUT2D eigenvalue weighted by molar-refractivity contribution is 6.48. The van der Waals surface area contributed by atoms with E-state index >= 15 is 0 Å². The van der Waals surface area contributed by atoms with Crippen molar-refractivity contribution in [3.05, 3.63) is 0 Å². The molecule has 0 aromatic carbocycles. The van der Waals surface area contributed by atoms with Crippen LogP contribution in [-0.2, 0) is 0 Å². The lowest BCUT2D eigenvalue weighted by molar-refractivity contribution is 0.230. The minimum absolute atomic E-state index is 0.0716. The second-order valence-electron chi connectivity index (χ2n) is 4.66. The van der Waals surface area contributed by atoms with Crippen molar-refractivity contribution >= 4 is 23.2 Å². The van der Waals surface area contributed by atoms with Crippen LogP contribution in [0.25, 0.3) is 0 Å². The summed E-state index contributed by atoms with van der Waals surface area (Å²) < 4.78 is -0.600. The molecule has 0 aromatic rings. The summed E-state index contributed by atoms with van der Waals surface area (Å²) in [6.07, 6.45) is 7.13. The Morgan fingerprint density at radius 3 is 1.43 bits per heavy atom. The van der Waals surface area contributed by atoms with Crippen LogP contribution >= 0.6 is 23.2 Å². The molecule has 0 rings (SSSR count). The molecule has 0 heterocycles. The highest BCUT2D eigenvalue weighted by Crippen LogP contribution is 2.47. The Bertz CT molecular complexity index is 139. The van der Waals surface area contributed by atoms with Crippen molar-refractivity contribution in [1.29, 1.82) is 0 Å². The van der Waals surface area contributed by atoms with Crippen LogP contribution in [-0.4, -0.2) is 4.33 Å². The van der Waals surface area contributed by atoms with Crippen LogP contribution in [0, 0.1) is 5.41 Å². The van der Waals surface area contributed by atoms with E-state index in [1.165, 1.54) is 25.7 Å². The van der Waals surface area contributed by atoms with Crippen molar-refractivity contribution in [2.45, 2.75) is 70.6 Å². The van der Waals surface area contributed by atoms with Gasteiger partial charge in [0.2, 0.25) is 0 Å². The minimum atomic E-state index is -0.600. The van der Waals surface area contributed by atoms with Gasteiger partial charge in [0, 0.05) is 5.41 Å². The molecular weight excluding hydrogens is 215 g/mol. The van der Waals surface area contributed by atoms with Crippen molar-refractivity contribution < 1.29 is 0 Å². The molecular formula is C12H24Cl2. The molecule has 0 unspecified atom stereocenters. The third-order valence-corrected chi connectivity index (χ3v) is 4.14. The summed E-state index contributed by atoms with van der Waals surface area (Å²) in [6, 6.07) is 0. The van der Waals surface area contributed by atoms with Gasteiger partial charge in [-0.05, 0) is 19.8 Å². The summed E-state index contributed by atoms with van der Waals surface area (Å²) in [4.78, 5) is 0. The number of halogens is 2. The van der Waals surface area contributed by atoms with Crippen molar-refractivity contribution in [1.82, 2.24) is 0 Å². The summed E-state index contributed by atoms with van der Waals surface area (Å²) in [5.41, 5.74) is 0.0716. The average Bonchev–Trinajstić information content (AvgIpc) is 2.09. The fraction of sp³-hybridized carbons (Fsp3) is 1.00. The maximum Gasteiger partial charge on any atom is 0.120 e. The zero-order chi connectivity index (χ0) is 11.2. The lowest BCUT2D eigenvalue weighted by atomic mass is 9.77. The Morgan fingerprint density at radius 2 is 1.21 bits per heavy atom. The first-order valence-electron chi connectivity index (χ1n) is 5.75. The third kappa shape index (κ3) is 4.40. The van der Waals surface area contributed by atoms with E-state index in [0.29, 0.717) is 0 Å². The number of unbranched alkanes of at least 4 members (excludes halogenated alkanes) is 2. The molecule has 2 heteroatoms. The highest BCUT2D eigenvalue weighted by Gasteiger charge is 2.40. The van der Waals surface area contributed by atoms with Crippen molar-refractivity contribution in [3.63, 3.8) is 0 Å². The summed E-state index contributed by atoms with van der Waals surface area (Å²) in [5, 5.41) is 0. The molecule has 0 nitrogen and oxygen atoms in total. The molecule has 0 aliphatic carbocycles. The van der Waals surface area contributed by atoms with E-state index in [-0.39, 0.29) is 5.41 Å². The van der Waals surface area contributed by atoms with E-state index < -0.39 is 4.33 Å². The van der Waals surface area contributed by atoms with E-state index in [1.54, 1.807) is 0 Å². The first kappa shape index (κ1) is 14.6. The van der Waals surface area contributed by atoms with Crippen LogP contribution in [0.1, 0.15) is 66.2 Å². The number of rotatable bonds is 7. The smallest absolute Gasteiger partial charge is 0.101 e. The third-order valence-electron chi connectivity index (χ3n) is 3.22. The Kier molecular flexibility index (Phi) is 6.48. The quantitative estimate of drug-likeness (QED) is 0.509. The number of hydrogen-bond donors (Lipinski definition) is 0. The fourth-order valence-corrected chi connectivity index (χ4v) is 2.08. The minimum Gasteiger partial charge on any atom is -0.101 e. The van der Waals surface area contributed by atoms with E-state index in [2.05, 4.69) is 20.8 Å². The Hall–Kier alpha value is 0.580. The molecule has 0 saturated heterocycles. The summed E-state index contributed by atoms with van der Waals surface area (Å²) >= 11 is 12.6. The topological polar surface area (TPSA) is 0 Å². The largest absolute Gasteiger partial charge is 0.120 e. The molecule has 0 aliphatic rings. The van der Waals surface area contributed by atoms with E-state index in [0.717, 1.165) is 12.8 Å². The molecule has 0 atom stereocenters. The molecule has 0 N–H and O–H groups in total. The summed E-state index contributed by atoms with van der Waals surface area (Å²) in [6.45, 7) is 8.57. The summed E-state index contributed by atoms with van der Waals surface area (Å²) in [7, 11) is 0. The van der Waals surface area contributed by atoms with Gasteiger partial charge in [0.15, 0.2) is 0 Å². The second-order valence-corrected chi connectivity index (χ2v) is 6.36. The lowest BCUT2D eigenvalue weighted by Gasteiger charge is -2.38. The van der Waals surface area contributed by atoms with Crippen LogP contribution in [0.3, 0.4) is 0 Å². The van der Waals surface area contributed by atoms with Gasteiger partial charge in [-0.2, -0.15) is 0 Å². The van der Waals surface area contributed by atoms with Gasteiger partial charge in [0.25, 0.3) is 0 Å². The first-order valence-corrected chi connectivity index (χ1v) is 6.51. The van der Waals surface area contributed by atoms with Crippen LogP contribution in [0.5, 0.6) is 0 Å². The van der Waals surface area contributed by atoms with Crippen LogP contribution in [0.2, 0.25) is 0 Å². The van der Waals surface area contributed by atoms with E-state index in [9.17, 15) is 0 Å². The molecule has 0 aromatic heterocycles. The van der Waals surface area contributed by atoms with Crippen LogP contribution < -0.4 is 0 Å². The maximum absolute atomic E-state index is 6.28. The Balaban J connectivity index is 4.33. The van der Waals surface area contributed by atoms with E-state index in [4.69, 9.17) is 23.2 Å². The molecule has 0 aliphatic heterocycles. The van der Waals surface area contributed by atoms with Crippen molar-refractivity contribution in [3.8, 4) is 0 Å². The number of alkyl halides is 2. The second kappa shape index (κ2) is 6.23. The monoisotopic (exact) mass is 238 g/mol. The van der Waals surface area contributed by atoms with Gasteiger partial charge in [-0.1, -0.05) is 46.5 Å².